The van der Waals surface area contributed by atoms with E-state index in [1.807, 2.05) is 0 Å². The van der Waals surface area contributed by atoms with Gasteiger partial charge in [0.1, 0.15) is 0 Å². The molecule has 0 aromatic carbocycles. The molecule has 0 saturated heterocycles. The van der Waals surface area contributed by atoms with Gasteiger partial charge < -0.3 is 11.3 Å². The molecule has 0 rings (SSSR count). The van der Waals surface area contributed by atoms with E-state index in [1.165, 1.54) is 0 Å². The van der Waals surface area contributed by atoms with Crippen LogP contribution in [0.15, 0.2) is 0 Å². The van der Waals surface area contributed by atoms with Gasteiger partial charge in [0, 0.05) is 0 Å². The Hall–Kier alpha value is 0.270. The Labute approximate surface area is 59.1 Å². The topological polar surface area (TPSA) is 46.5 Å². The molecule has 0 radical (unpaired) electrons. The van der Waals surface area contributed by atoms with Crippen molar-refractivity contribution in [2.75, 3.05) is 7.11 Å². The molecule has 0 spiro atoms. The maximum Gasteiger partial charge on any atom is 1.00 e. The van der Waals surface area contributed by atoms with Crippen molar-refractivity contribution in [3.63, 3.8) is 0 Å². The average Bonchev–Trinajstić information content (AvgIpc) is 1.38. The maximum absolute atomic E-state index is 9.15. The fraction of sp³-hybridized carbons (Fsp3) is 0.500. The van der Waals surface area contributed by atoms with Gasteiger partial charge in [-0.2, -0.15) is 0 Å². The largest absolute Gasteiger partial charge is 1.00 e. The molecule has 0 amide bonds. The number of carbonyl (C=O) groups is 1. The summed E-state index contributed by atoms with van der Waals surface area (Å²) in [6.45, 7) is 0. The summed E-state index contributed by atoms with van der Waals surface area (Å²) < 4.78 is 3.67. The molecule has 0 aromatic heterocycles. The van der Waals surface area contributed by atoms with E-state index in [2.05, 4.69) is 4.74 Å². The summed E-state index contributed by atoms with van der Waals surface area (Å²) in [5.74, 6) is 0. The molecule has 4 heteroatoms. The smallest absolute Gasteiger partial charge is 1.00 e. The Morgan fingerprint density at radius 1 is 2.00 bits per heavy atom. The van der Waals surface area contributed by atoms with Crippen molar-refractivity contribution in [3.05, 3.63) is 0 Å². The average molecular weight is 100 g/mol. The van der Waals surface area contributed by atoms with Crippen molar-refractivity contribution in [1.29, 1.82) is 0 Å². The first-order chi connectivity index (χ1) is 2.27. The third-order valence-corrected chi connectivity index (χ3v) is 0.175. The Kier molecular flexibility index (Phi) is 8.39. The van der Waals surface area contributed by atoms with Crippen molar-refractivity contribution in [2.45, 2.75) is 0 Å². The molecule has 0 bridgehead atoms. The fourth-order valence-corrected chi connectivity index (χ4v) is 0. The van der Waals surface area contributed by atoms with Gasteiger partial charge in [-0.25, -0.2) is 4.79 Å². The normalized spacial score (nSPS) is 5.50. The molecule has 0 aliphatic carbocycles. The van der Waals surface area contributed by atoms with Crippen LogP contribution in [-0.2, 0) is 4.74 Å². The summed E-state index contributed by atoms with van der Waals surface area (Å²) >= 11 is 0. The quantitative estimate of drug-likeness (QED) is 0.269. The second kappa shape index (κ2) is 5.27. The van der Waals surface area contributed by atoms with Crippen molar-refractivity contribution < 1.29 is 45.6 Å². The Morgan fingerprint density at radius 3 is 2.17 bits per heavy atom. The zero-order valence-electron chi connectivity index (χ0n) is 4.76. The van der Waals surface area contributed by atoms with Crippen molar-refractivity contribution in [1.82, 2.24) is 0 Å². The molecule has 3 nitrogen and oxygen atoms in total. The van der Waals surface area contributed by atoms with E-state index in [-0.39, 0.29) is 31.0 Å². The molecule has 0 fully saturated rings. The van der Waals surface area contributed by atoms with Crippen LogP contribution in [0.3, 0.4) is 0 Å². The van der Waals surface area contributed by atoms with Crippen LogP contribution in [0, 0.1) is 0 Å². The van der Waals surface area contributed by atoms with Crippen LogP contribution in [0.4, 0.5) is 4.79 Å². The molecule has 1 N–H and O–H groups in total. The molecule has 32 valence electrons. The summed E-state index contributed by atoms with van der Waals surface area (Å²) in [4.78, 5) is 9.15. The minimum atomic E-state index is -1.25. The number of hydrogen-bond acceptors (Lipinski definition) is 2. The first-order valence-corrected chi connectivity index (χ1v) is 1.04. The molecule has 0 unspecified atom stereocenters. The fourth-order valence-electron chi connectivity index (χ4n) is 0. The SMILES string of the molecule is COC(=O)O.[H-].[Na+]. The van der Waals surface area contributed by atoms with Crippen molar-refractivity contribution in [2.24, 2.45) is 0 Å². The van der Waals surface area contributed by atoms with Crippen LogP contribution in [0.1, 0.15) is 1.43 Å². The molecule has 6 heavy (non-hydrogen) atoms. The third-order valence-electron chi connectivity index (χ3n) is 0.175. The predicted octanol–water partition coefficient (Wildman–Crippen LogP) is -2.57. The molecule has 0 aliphatic heterocycles. The second-order valence-corrected chi connectivity index (χ2v) is 0.470. The van der Waals surface area contributed by atoms with Crippen molar-refractivity contribution >= 4 is 6.16 Å². The zero-order chi connectivity index (χ0) is 4.28. The predicted molar refractivity (Wildman–Crippen MR) is 16.1 cm³/mol. The van der Waals surface area contributed by atoms with Gasteiger partial charge >= 0.3 is 35.7 Å². The maximum atomic E-state index is 9.15. The van der Waals surface area contributed by atoms with Gasteiger partial charge in [-0.15, -0.1) is 0 Å². The van der Waals surface area contributed by atoms with E-state index >= 15 is 0 Å². The van der Waals surface area contributed by atoms with E-state index < -0.39 is 6.16 Å². The minimum absolute atomic E-state index is 0. The molecular weight excluding hydrogens is 95.0 g/mol. The van der Waals surface area contributed by atoms with E-state index in [0.717, 1.165) is 7.11 Å². The van der Waals surface area contributed by atoms with E-state index in [1.54, 1.807) is 0 Å². The van der Waals surface area contributed by atoms with Gasteiger partial charge in [0.25, 0.3) is 0 Å². The zero-order valence-corrected chi connectivity index (χ0v) is 5.76. The Morgan fingerprint density at radius 2 is 2.17 bits per heavy atom. The monoisotopic (exact) mass is 100 g/mol. The summed E-state index contributed by atoms with van der Waals surface area (Å²) in [5.41, 5.74) is 0. The number of hydrogen-bond donors (Lipinski definition) is 1. The standard InChI is InChI=1S/C2H4O3.Na.H/c1-5-2(3)4;;/h1H3,(H,3,4);;/q;+1;-1. The number of methoxy groups -OCH3 is 1. The summed E-state index contributed by atoms with van der Waals surface area (Å²) in [7, 11) is 1.10. The van der Waals surface area contributed by atoms with Gasteiger partial charge in [-0.1, -0.05) is 0 Å². The van der Waals surface area contributed by atoms with Crippen LogP contribution in [0.2, 0.25) is 0 Å². The molecule has 0 heterocycles. The molecular formula is C2H5NaO3. The molecule has 0 saturated carbocycles. The van der Waals surface area contributed by atoms with Crippen LogP contribution in [0.25, 0.3) is 0 Å². The molecule has 0 atom stereocenters. The number of rotatable bonds is 0. The number of carboxylic acid groups (broad SMARTS) is 1. The minimum Gasteiger partial charge on any atom is -1.00 e. The first kappa shape index (κ1) is 9.55. The van der Waals surface area contributed by atoms with Crippen LogP contribution < -0.4 is 29.6 Å². The second-order valence-electron chi connectivity index (χ2n) is 0.470. The number of ether oxygens (including phenoxy) is 1. The summed E-state index contributed by atoms with van der Waals surface area (Å²) in [6.07, 6.45) is -1.25. The van der Waals surface area contributed by atoms with Crippen LogP contribution in [0.5, 0.6) is 0 Å². The van der Waals surface area contributed by atoms with Gasteiger partial charge in [0.05, 0.1) is 7.11 Å². The van der Waals surface area contributed by atoms with Gasteiger partial charge in [-0.05, 0) is 0 Å². The first-order valence-electron chi connectivity index (χ1n) is 1.04. The summed E-state index contributed by atoms with van der Waals surface area (Å²) in [6, 6.07) is 0. The van der Waals surface area contributed by atoms with Crippen LogP contribution >= 0.6 is 0 Å². The van der Waals surface area contributed by atoms with Gasteiger partial charge in [-0.3, -0.25) is 0 Å². The van der Waals surface area contributed by atoms with E-state index in [9.17, 15) is 0 Å². The van der Waals surface area contributed by atoms with E-state index in [0.29, 0.717) is 0 Å². The van der Waals surface area contributed by atoms with Crippen molar-refractivity contribution in [3.8, 4) is 0 Å². The van der Waals surface area contributed by atoms with E-state index in [4.69, 9.17) is 9.90 Å². The van der Waals surface area contributed by atoms with Gasteiger partial charge in [0.2, 0.25) is 0 Å². The molecule has 0 aromatic rings. The Bertz CT molecular complexity index is 48.2. The third kappa shape index (κ3) is 8.86. The van der Waals surface area contributed by atoms with Crippen LogP contribution in [-0.4, -0.2) is 18.4 Å². The summed E-state index contributed by atoms with van der Waals surface area (Å²) in [5, 5.41) is 7.50. The van der Waals surface area contributed by atoms with Gasteiger partial charge in [0.15, 0.2) is 0 Å². The Balaban J connectivity index is -0.0000000800. The molecule has 0 aliphatic rings.